The molecule has 2 heterocycles. The van der Waals surface area contributed by atoms with Gasteiger partial charge < -0.3 is 20.1 Å². The van der Waals surface area contributed by atoms with Crippen LogP contribution in [0.25, 0.3) is 22.8 Å². The first-order chi connectivity index (χ1) is 23.4. The number of nitriles is 1. The van der Waals surface area contributed by atoms with Crippen molar-refractivity contribution >= 4 is 29.1 Å². The number of nitrogens with one attached hydrogen (secondary N) is 1. The van der Waals surface area contributed by atoms with Crippen molar-refractivity contribution in [3.8, 4) is 28.8 Å². The molecule has 0 fully saturated rings. The van der Waals surface area contributed by atoms with E-state index >= 15 is 0 Å². The zero-order chi connectivity index (χ0) is 38.0. The third-order valence-electron chi connectivity index (χ3n) is 6.28. The molecule has 0 bridgehead atoms. The number of ether oxygens (including phenoxy) is 1. The van der Waals surface area contributed by atoms with Gasteiger partial charge in [-0.25, -0.2) is 14.3 Å². The summed E-state index contributed by atoms with van der Waals surface area (Å²) in [6, 6.07) is 13.5. The molecular formula is C28H27Cl2F6N8NaO6. The average molecular weight is 779 g/mol. The number of rotatable bonds is 9. The molecule has 2 atom stereocenters. The predicted octanol–water partition coefficient (Wildman–Crippen LogP) is -0.295. The van der Waals surface area contributed by atoms with Crippen molar-refractivity contribution in [2.45, 2.75) is 50.7 Å². The van der Waals surface area contributed by atoms with E-state index in [1.165, 1.54) is 55.6 Å². The van der Waals surface area contributed by atoms with Gasteiger partial charge in [0, 0.05) is 21.2 Å². The summed E-state index contributed by atoms with van der Waals surface area (Å²) in [5, 5.41) is 51.5. The second-order valence-corrected chi connectivity index (χ2v) is 10.5. The standard InChI is InChI=1S/C14H14ClF3N4O3.C13H10ClF3N4O2.CH3O.Na/c1-25-11(19)7-22-13(24)21(6-10(23)14(16,17)18)12(20-22)8-2-4-9(15)5-3-8;14-9-3-1-8(2-4-9)11-19-21(6-5-18)12(23)20(11)7-10(22)13(15,16)17;1-2;/h2-5,10,19,23H,6-7H2,1H3;1-4,10,22H,6-7H2;1H3;/q;;-1;+1/t2*10-;;/m00../s1. The molecule has 0 saturated carbocycles. The molecule has 0 spiro atoms. The third kappa shape index (κ3) is 12.5. The summed E-state index contributed by atoms with van der Waals surface area (Å²) in [4.78, 5) is 24.4. The van der Waals surface area contributed by atoms with Gasteiger partial charge in [0.2, 0.25) is 5.90 Å². The van der Waals surface area contributed by atoms with E-state index in [1.54, 1.807) is 6.07 Å². The van der Waals surface area contributed by atoms with Crippen LogP contribution < -0.4 is 46.0 Å². The number of halogens is 8. The number of alkyl halides is 6. The Morgan fingerprint density at radius 2 is 1.20 bits per heavy atom. The zero-order valence-corrected chi connectivity index (χ0v) is 30.3. The van der Waals surface area contributed by atoms with E-state index in [0.717, 1.165) is 16.5 Å². The van der Waals surface area contributed by atoms with Crippen LogP contribution in [0.2, 0.25) is 10.0 Å². The Morgan fingerprint density at radius 1 is 0.843 bits per heavy atom. The normalized spacial score (nSPS) is 12.2. The summed E-state index contributed by atoms with van der Waals surface area (Å²) in [5.74, 6) is -0.482. The molecule has 4 rings (SSSR count). The van der Waals surface area contributed by atoms with Gasteiger partial charge in [0.15, 0.2) is 23.9 Å². The van der Waals surface area contributed by atoms with E-state index in [2.05, 4.69) is 14.9 Å². The van der Waals surface area contributed by atoms with E-state index < -0.39 is 55.6 Å². The molecule has 0 saturated heterocycles. The molecule has 4 aromatic rings. The van der Waals surface area contributed by atoms with Crippen molar-refractivity contribution < 1.29 is 76.0 Å². The summed E-state index contributed by atoms with van der Waals surface area (Å²) >= 11 is 11.5. The molecule has 0 unspecified atom stereocenters. The molecule has 14 nitrogen and oxygen atoms in total. The van der Waals surface area contributed by atoms with Gasteiger partial charge >= 0.3 is 53.3 Å². The van der Waals surface area contributed by atoms with Crippen LogP contribution in [0, 0.1) is 16.7 Å². The molecule has 0 aliphatic heterocycles. The maximum Gasteiger partial charge on any atom is 1.00 e. The minimum Gasteiger partial charge on any atom is -0.857 e. The fourth-order valence-electron chi connectivity index (χ4n) is 3.86. The van der Waals surface area contributed by atoms with Crippen molar-refractivity contribution in [3.05, 3.63) is 79.5 Å². The van der Waals surface area contributed by atoms with Crippen LogP contribution in [0.4, 0.5) is 26.3 Å². The van der Waals surface area contributed by atoms with Crippen LogP contribution in [0.5, 0.6) is 0 Å². The van der Waals surface area contributed by atoms with Crippen LogP contribution in [0.15, 0.2) is 58.1 Å². The van der Waals surface area contributed by atoms with Crippen molar-refractivity contribution in [2.75, 3.05) is 14.2 Å². The number of hydrogen-bond acceptors (Lipinski definition) is 10. The Bertz CT molecular complexity index is 1890. The average Bonchev–Trinajstić information content (AvgIpc) is 3.53. The van der Waals surface area contributed by atoms with E-state index in [-0.39, 0.29) is 53.6 Å². The van der Waals surface area contributed by atoms with E-state index in [1.807, 2.05) is 0 Å². The van der Waals surface area contributed by atoms with Gasteiger partial charge in [0.05, 0.1) is 26.3 Å². The first-order valence-corrected chi connectivity index (χ1v) is 14.4. The molecule has 51 heavy (non-hydrogen) atoms. The quantitative estimate of drug-likeness (QED) is 0.0884. The predicted molar refractivity (Wildman–Crippen MR) is 164 cm³/mol. The molecule has 0 aliphatic rings. The van der Waals surface area contributed by atoms with E-state index in [4.69, 9.17) is 39.0 Å². The van der Waals surface area contributed by atoms with E-state index in [9.17, 15) is 46.1 Å². The summed E-state index contributed by atoms with van der Waals surface area (Å²) in [5.41, 5.74) is -1.16. The molecule has 2 aromatic heterocycles. The molecule has 23 heteroatoms. The Hall–Kier alpha value is -3.68. The zero-order valence-electron chi connectivity index (χ0n) is 26.8. The first kappa shape index (κ1) is 45.3. The number of methoxy groups -OCH3 is 1. The molecule has 0 aliphatic carbocycles. The topological polar surface area (TPSA) is 200 Å². The van der Waals surface area contributed by atoms with Crippen LogP contribution >= 0.6 is 23.2 Å². The molecule has 272 valence electrons. The van der Waals surface area contributed by atoms with Crippen LogP contribution in [-0.2, 0) is 30.9 Å². The van der Waals surface area contributed by atoms with Crippen molar-refractivity contribution in [1.82, 2.24) is 28.7 Å². The molecule has 0 amide bonds. The minimum atomic E-state index is -4.89. The summed E-state index contributed by atoms with van der Waals surface area (Å²) in [6.45, 7) is -2.83. The van der Waals surface area contributed by atoms with Crippen molar-refractivity contribution in [1.29, 1.82) is 10.7 Å². The number of aromatic nitrogens is 6. The van der Waals surface area contributed by atoms with E-state index in [0.29, 0.717) is 30.3 Å². The smallest absolute Gasteiger partial charge is 0.857 e. The molecule has 0 radical (unpaired) electrons. The second-order valence-electron chi connectivity index (χ2n) is 9.66. The van der Waals surface area contributed by atoms with Crippen molar-refractivity contribution in [2.24, 2.45) is 0 Å². The maximum absolute atomic E-state index is 12.7. The van der Waals surface area contributed by atoms with Gasteiger partial charge in [-0.3, -0.25) is 14.5 Å². The molecule has 2 aromatic carbocycles. The third-order valence-corrected chi connectivity index (χ3v) is 6.78. The first-order valence-electron chi connectivity index (χ1n) is 13.6. The number of benzene rings is 2. The largest absolute Gasteiger partial charge is 1.00 e. The van der Waals surface area contributed by atoms with Gasteiger partial charge in [-0.05, 0) is 48.5 Å². The molecular weight excluding hydrogens is 752 g/mol. The Kier molecular flexibility index (Phi) is 17.6. The Morgan fingerprint density at radius 3 is 1.53 bits per heavy atom. The van der Waals surface area contributed by atoms with Gasteiger partial charge in [-0.2, -0.15) is 43.4 Å². The van der Waals surface area contributed by atoms with Crippen LogP contribution in [-0.4, -0.2) is 83.6 Å². The minimum absolute atomic E-state index is 0. The fourth-order valence-corrected chi connectivity index (χ4v) is 4.11. The summed E-state index contributed by atoms with van der Waals surface area (Å²) in [7, 11) is 1.97. The number of aliphatic hydroxyl groups excluding tert-OH is 2. The summed E-state index contributed by atoms with van der Waals surface area (Å²) in [6.07, 6.45) is -15.2. The van der Waals surface area contributed by atoms with Gasteiger partial charge in [0.1, 0.15) is 13.1 Å². The van der Waals surface area contributed by atoms with Crippen molar-refractivity contribution in [3.63, 3.8) is 0 Å². The Balaban J connectivity index is 0.000000479. The molecule has 3 N–H and O–H groups in total. The van der Waals surface area contributed by atoms with Crippen LogP contribution in [0.1, 0.15) is 0 Å². The Labute approximate surface area is 316 Å². The maximum atomic E-state index is 12.7. The summed E-state index contributed by atoms with van der Waals surface area (Å²) < 4.78 is 83.2. The fraction of sp³-hybridized carbons (Fsp3) is 0.357. The van der Waals surface area contributed by atoms with Gasteiger partial charge in [-0.1, -0.05) is 23.2 Å². The monoisotopic (exact) mass is 778 g/mol. The SMILES string of the molecule is COC(=N)Cn1nc(-c2ccc(Cl)cc2)n(C[C@H](O)C(F)(F)F)c1=O.C[O-].N#CCn1nc(-c2ccc(Cl)cc2)n(C[C@H](O)C(F)(F)F)c1=O.[Na+]. The van der Waals surface area contributed by atoms with Gasteiger partial charge in [0.25, 0.3) is 0 Å². The van der Waals surface area contributed by atoms with Gasteiger partial charge in [-0.15, -0.1) is 10.2 Å². The second kappa shape index (κ2) is 19.8. The number of hydrogen-bond donors (Lipinski definition) is 3. The van der Waals surface area contributed by atoms with Crippen LogP contribution in [0.3, 0.4) is 0 Å². The number of nitrogens with zero attached hydrogens (tertiary/aromatic N) is 7. The number of aliphatic hydroxyl groups is 2.